The number of aromatic nitrogens is 1. The highest BCUT2D eigenvalue weighted by atomic mass is 16.2. The van der Waals surface area contributed by atoms with E-state index < -0.39 is 0 Å². The third kappa shape index (κ3) is 4.81. The SMILES string of the molecule is CCN(CC)CCNC(=O)c1c(C)[nH]c(/C=C2\C(=O)Nc3cccc(C4CCNCC4)c32)c1C. The van der Waals surface area contributed by atoms with Crippen LogP contribution in [-0.2, 0) is 4.79 Å². The summed E-state index contributed by atoms with van der Waals surface area (Å²) < 4.78 is 0. The van der Waals surface area contributed by atoms with Crippen LogP contribution in [0.4, 0.5) is 5.69 Å². The first-order valence-corrected chi connectivity index (χ1v) is 12.5. The van der Waals surface area contributed by atoms with Crippen molar-refractivity contribution in [3.63, 3.8) is 0 Å². The number of nitrogens with one attached hydrogen (secondary N) is 4. The minimum atomic E-state index is -0.0896. The van der Waals surface area contributed by atoms with E-state index in [4.69, 9.17) is 0 Å². The lowest BCUT2D eigenvalue weighted by Gasteiger charge is -2.25. The van der Waals surface area contributed by atoms with Gasteiger partial charge in [-0.05, 0) is 82.1 Å². The maximum atomic E-state index is 13.0. The minimum absolute atomic E-state index is 0.0743. The van der Waals surface area contributed by atoms with Crippen LogP contribution in [0.25, 0.3) is 11.6 Å². The molecule has 0 spiro atoms. The summed E-state index contributed by atoms with van der Waals surface area (Å²) >= 11 is 0. The third-order valence-electron chi connectivity index (χ3n) is 7.24. The number of amides is 2. The molecule has 1 aromatic carbocycles. The van der Waals surface area contributed by atoms with E-state index in [1.165, 1.54) is 5.56 Å². The zero-order valence-corrected chi connectivity index (χ0v) is 20.8. The summed E-state index contributed by atoms with van der Waals surface area (Å²) in [5.41, 5.74) is 6.95. The minimum Gasteiger partial charge on any atom is -0.358 e. The van der Waals surface area contributed by atoms with Gasteiger partial charge < -0.3 is 25.8 Å². The summed E-state index contributed by atoms with van der Waals surface area (Å²) in [6.07, 6.45) is 4.05. The van der Waals surface area contributed by atoms with Gasteiger partial charge in [0.1, 0.15) is 0 Å². The first-order valence-electron chi connectivity index (χ1n) is 12.5. The number of likely N-dealkylation sites (N-methyl/N-ethyl adjacent to an activating group) is 1. The maximum Gasteiger partial charge on any atom is 0.256 e. The van der Waals surface area contributed by atoms with Crippen molar-refractivity contribution in [3.8, 4) is 0 Å². The molecule has 0 atom stereocenters. The van der Waals surface area contributed by atoms with Crippen LogP contribution in [0, 0.1) is 13.8 Å². The standard InChI is InChI=1S/C27H37N5O2/c1-5-32(6-2)15-14-29-27(34)24-17(3)23(30-18(24)4)16-21-25-20(19-10-12-28-13-11-19)8-7-9-22(25)31-26(21)33/h7-9,16,19,28,30H,5-6,10-15H2,1-4H3,(H,29,34)(H,31,33)/b21-16-. The first-order chi connectivity index (χ1) is 16.4. The number of hydrogen-bond donors (Lipinski definition) is 4. The van der Waals surface area contributed by atoms with Gasteiger partial charge in [-0.1, -0.05) is 26.0 Å². The molecular formula is C27H37N5O2. The molecule has 7 nitrogen and oxygen atoms in total. The topological polar surface area (TPSA) is 89.3 Å². The molecule has 4 rings (SSSR count). The monoisotopic (exact) mass is 463 g/mol. The average Bonchev–Trinajstić information content (AvgIpc) is 3.31. The molecule has 2 aliphatic rings. The number of carbonyl (C=O) groups excluding carboxylic acids is 2. The molecule has 0 unspecified atom stereocenters. The molecule has 1 fully saturated rings. The predicted molar refractivity (Wildman–Crippen MR) is 138 cm³/mol. The zero-order chi connectivity index (χ0) is 24.2. The van der Waals surface area contributed by atoms with Gasteiger partial charge in [-0.25, -0.2) is 0 Å². The fraction of sp³-hybridized carbons (Fsp3) is 0.481. The largest absolute Gasteiger partial charge is 0.358 e. The number of aryl methyl sites for hydroxylation is 1. The lowest BCUT2D eigenvalue weighted by molar-refractivity contribution is -0.110. The van der Waals surface area contributed by atoms with Gasteiger partial charge in [0, 0.05) is 35.7 Å². The molecule has 2 amide bonds. The second-order valence-electron chi connectivity index (χ2n) is 9.25. The van der Waals surface area contributed by atoms with Gasteiger partial charge in [-0.2, -0.15) is 0 Å². The van der Waals surface area contributed by atoms with E-state index in [9.17, 15) is 9.59 Å². The van der Waals surface area contributed by atoms with E-state index in [1.807, 2.05) is 32.1 Å². The van der Waals surface area contributed by atoms with Gasteiger partial charge in [0.25, 0.3) is 11.8 Å². The number of rotatable bonds is 8. The fourth-order valence-corrected chi connectivity index (χ4v) is 5.25. The smallest absolute Gasteiger partial charge is 0.256 e. The number of hydrogen-bond acceptors (Lipinski definition) is 4. The highest BCUT2D eigenvalue weighted by Gasteiger charge is 2.30. The van der Waals surface area contributed by atoms with Gasteiger partial charge in [0.2, 0.25) is 0 Å². The molecule has 7 heteroatoms. The molecule has 2 aliphatic heterocycles. The lowest BCUT2D eigenvalue weighted by atomic mass is 9.85. The van der Waals surface area contributed by atoms with Crippen LogP contribution < -0.4 is 16.0 Å². The van der Waals surface area contributed by atoms with E-state index in [0.29, 0.717) is 23.6 Å². The van der Waals surface area contributed by atoms with Crippen LogP contribution in [0.1, 0.15) is 71.0 Å². The van der Waals surface area contributed by atoms with Crippen molar-refractivity contribution in [2.45, 2.75) is 46.5 Å². The number of aromatic amines is 1. The summed E-state index contributed by atoms with van der Waals surface area (Å²) in [6, 6.07) is 6.16. The number of fused-ring (bicyclic) bond motifs is 1. The number of nitrogens with zero attached hydrogens (tertiary/aromatic N) is 1. The zero-order valence-electron chi connectivity index (χ0n) is 20.8. The van der Waals surface area contributed by atoms with Crippen LogP contribution in [0.2, 0.25) is 0 Å². The van der Waals surface area contributed by atoms with Gasteiger partial charge in [-0.15, -0.1) is 0 Å². The molecule has 34 heavy (non-hydrogen) atoms. The average molecular weight is 464 g/mol. The number of H-pyrrole nitrogens is 1. The molecule has 0 bridgehead atoms. The normalized spacial score (nSPS) is 17.3. The van der Waals surface area contributed by atoms with Gasteiger partial charge in [-0.3, -0.25) is 9.59 Å². The number of anilines is 1. The van der Waals surface area contributed by atoms with Crippen molar-refractivity contribution in [3.05, 3.63) is 51.8 Å². The summed E-state index contributed by atoms with van der Waals surface area (Å²) in [6.45, 7) is 13.5. The molecule has 2 aromatic rings. The molecule has 4 N–H and O–H groups in total. The summed E-state index contributed by atoms with van der Waals surface area (Å²) in [5, 5.41) is 9.52. The number of carbonyl (C=O) groups is 2. The molecular weight excluding hydrogens is 426 g/mol. The van der Waals surface area contributed by atoms with Crippen LogP contribution in [0.15, 0.2) is 18.2 Å². The van der Waals surface area contributed by atoms with Crippen molar-refractivity contribution >= 4 is 29.2 Å². The Balaban J connectivity index is 1.61. The molecule has 0 saturated carbocycles. The van der Waals surface area contributed by atoms with Gasteiger partial charge in [0.05, 0.1) is 11.1 Å². The van der Waals surface area contributed by atoms with Crippen molar-refractivity contribution in [2.24, 2.45) is 0 Å². The van der Waals surface area contributed by atoms with Crippen LogP contribution >= 0.6 is 0 Å². The van der Waals surface area contributed by atoms with E-state index >= 15 is 0 Å². The Bertz CT molecular complexity index is 1090. The van der Waals surface area contributed by atoms with Gasteiger partial charge in [0.15, 0.2) is 0 Å². The second kappa shape index (κ2) is 10.6. The highest BCUT2D eigenvalue weighted by Crippen LogP contribution is 2.41. The number of benzene rings is 1. The Kier molecular flexibility index (Phi) is 7.54. The number of piperidine rings is 1. The molecule has 1 aromatic heterocycles. The van der Waals surface area contributed by atoms with E-state index in [1.54, 1.807) is 0 Å². The van der Waals surface area contributed by atoms with Crippen molar-refractivity contribution in [2.75, 3.05) is 44.6 Å². The quantitative estimate of drug-likeness (QED) is 0.450. The molecule has 3 heterocycles. The summed E-state index contributed by atoms with van der Waals surface area (Å²) in [7, 11) is 0. The van der Waals surface area contributed by atoms with Crippen molar-refractivity contribution < 1.29 is 9.59 Å². The molecule has 182 valence electrons. The molecule has 0 aliphatic carbocycles. The fourth-order valence-electron chi connectivity index (χ4n) is 5.25. The predicted octanol–water partition coefficient (Wildman–Crippen LogP) is 3.66. The van der Waals surface area contributed by atoms with Crippen molar-refractivity contribution in [1.29, 1.82) is 0 Å². The molecule has 0 radical (unpaired) electrons. The van der Waals surface area contributed by atoms with Gasteiger partial charge >= 0.3 is 0 Å². The Morgan fingerprint density at radius 3 is 2.62 bits per heavy atom. The Labute approximate surface area is 202 Å². The van der Waals surface area contributed by atoms with E-state index in [0.717, 1.165) is 73.8 Å². The third-order valence-corrected chi connectivity index (χ3v) is 7.24. The first kappa shape index (κ1) is 24.2. The van der Waals surface area contributed by atoms with Crippen LogP contribution in [0.5, 0.6) is 0 Å². The van der Waals surface area contributed by atoms with Crippen molar-refractivity contribution in [1.82, 2.24) is 20.5 Å². The maximum absolute atomic E-state index is 13.0. The Morgan fingerprint density at radius 1 is 1.18 bits per heavy atom. The van der Waals surface area contributed by atoms with E-state index in [2.05, 4.69) is 45.7 Å². The van der Waals surface area contributed by atoms with E-state index in [-0.39, 0.29) is 11.8 Å². The van der Waals surface area contributed by atoms with Crippen LogP contribution in [0.3, 0.4) is 0 Å². The Morgan fingerprint density at radius 2 is 1.91 bits per heavy atom. The second-order valence-corrected chi connectivity index (χ2v) is 9.25. The molecule has 1 saturated heterocycles. The highest BCUT2D eigenvalue weighted by molar-refractivity contribution is 6.35. The summed E-state index contributed by atoms with van der Waals surface area (Å²) in [5.74, 6) is 0.272. The lowest BCUT2D eigenvalue weighted by Crippen LogP contribution is -2.35. The summed E-state index contributed by atoms with van der Waals surface area (Å²) in [4.78, 5) is 31.6. The Hall–Kier alpha value is -2.90. The van der Waals surface area contributed by atoms with Crippen LogP contribution in [-0.4, -0.2) is 61.0 Å².